The van der Waals surface area contributed by atoms with E-state index in [9.17, 15) is 19.5 Å². The molecule has 0 radical (unpaired) electrons. The van der Waals surface area contributed by atoms with E-state index >= 15 is 0 Å². The average Bonchev–Trinajstić information content (AvgIpc) is 3.25. The maximum atomic E-state index is 13.0. The molecule has 5 rings (SSSR count). The molecule has 170 valence electrons. The summed E-state index contributed by atoms with van der Waals surface area (Å²) < 4.78 is 5.57. The number of amides is 2. The number of carboxylic acid groups (broad SMARTS) is 1. The van der Waals surface area contributed by atoms with Gasteiger partial charge in [0.2, 0.25) is 5.91 Å². The zero-order chi connectivity index (χ0) is 23.2. The third-order valence-corrected chi connectivity index (χ3v) is 7.22. The van der Waals surface area contributed by atoms with Gasteiger partial charge in [0.25, 0.3) is 0 Å². The first kappa shape index (κ1) is 21.2. The number of hydrogen-bond acceptors (Lipinski definition) is 4. The van der Waals surface area contributed by atoms with Crippen molar-refractivity contribution in [3.63, 3.8) is 0 Å². The molecule has 0 spiro atoms. The molecule has 2 aromatic carbocycles. The van der Waals surface area contributed by atoms with Gasteiger partial charge >= 0.3 is 12.1 Å². The first-order valence-electron chi connectivity index (χ1n) is 11.2. The Labute approximate surface area is 192 Å². The van der Waals surface area contributed by atoms with Crippen LogP contribution < -0.4 is 5.32 Å². The van der Waals surface area contributed by atoms with Gasteiger partial charge in [-0.25, -0.2) is 4.79 Å². The summed E-state index contributed by atoms with van der Waals surface area (Å²) in [6.45, 7) is 4.43. The van der Waals surface area contributed by atoms with Crippen molar-refractivity contribution in [1.82, 2.24) is 10.2 Å². The molecule has 2 aromatic rings. The highest BCUT2D eigenvalue weighted by atomic mass is 16.5. The lowest BCUT2D eigenvalue weighted by atomic mass is 9.98. The third kappa shape index (κ3) is 3.57. The third-order valence-electron chi connectivity index (χ3n) is 7.22. The molecule has 1 saturated heterocycles. The first-order chi connectivity index (χ1) is 15.9. The van der Waals surface area contributed by atoms with Crippen molar-refractivity contribution in [2.75, 3.05) is 19.7 Å². The highest BCUT2D eigenvalue weighted by molar-refractivity contribution is 5.88. The lowest BCUT2D eigenvalue weighted by Crippen LogP contribution is -2.49. The Morgan fingerprint density at radius 3 is 2.36 bits per heavy atom. The number of likely N-dealkylation sites (tertiary alicyclic amines) is 1. The summed E-state index contributed by atoms with van der Waals surface area (Å²) in [5.74, 6) is -1.22. The highest BCUT2D eigenvalue weighted by Crippen LogP contribution is 2.58. The van der Waals surface area contributed by atoms with E-state index in [1.807, 2.05) is 36.4 Å². The minimum atomic E-state index is -0.854. The molecule has 0 aromatic heterocycles. The Morgan fingerprint density at radius 2 is 1.79 bits per heavy atom. The highest BCUT2D eigenvalue weighted by Gasteiger charge is 2.66. The van der Waals surface area contributed by atoms with E-state index < -0.39 is 23.5 Å². The van der Waals surface area contributed by atoms with Crippen LogP contribution in [0.3, 0.4) is 0 Å². The molecule has 0 bridgehead atoms. The van der Waals surface area contributed by atoms with Crippen molar-refractivity contribution >= 4 is 18.0 Å². The maximum absolute atomic E-state index is 13.0. The van der Waals surface area contributed by atoms with Crippen LogP contribution in [0, 0.1) is 11.3 Å². The zero-order valence-corrected chi connectivity index (χ0v) is 18.2. The van der Waals surface area contributed by atoms with Crippen molar-refractivity contribution in [2.24, 2.45) is 11.3 Å². The number of aliphatic carboxylic acids is 1. The van der Waals surface area contributed by atoms with Gasteiger partial charge in [0, 0.05) is 19.0 Å². The second-order valence-corrected chi connectivity index (χ2v) is 9.13. The van der Waals surface area contributed by atoms with Crippen molar-refractivity contribution < 1.29 is 24.2 Å². The Balaban J connectivity index is 1.23. The molecule has 1 saturated carbocycles. The molecule has 3 aliphatic rings. The number of alkyl carbamates (subject to hydrolysis) is 1. The summed E-state index contributed by atoms with van der Waals surface area (Å²) in [6.07, 6.45) is 1.74. The second-order valence-electron chi connectivity index (χ2n) is 9.13. The van der Waals surface area contributed by atoms with E-state index in [0.29, 0.717) is 13.0 Å². The Hall–Kier alpha value is -3.61. The zero-order valence-electron chi connectivity index (χ0n) is 18.2. The molecule has 2 aliphatic carbocycles. The topological polar surface area (TPSA) is 95.9 Å². The van der Waals surface area contributed by atoms with Crippen LogP contribution in [0.2, 0.25) is 0 Å². The van der Waals surface area contributed by atoms with Gasteiger partial charge in [-0.3, -0.25) is 9.59 Å². The van der Waals surface area contributed by atoms with Crippen molar-refractivity contribution in [2.45, 2.75) is 24.8 Å². The van der Waals surface area contributed by atoms with Gasteiger partial charge in [0.1, 0.15) is 12.6 Å². The maximum Gasteiger partial charge on any atom is 0.407 e. The smallest absolute Gasteiger partial charge is 0.407 e. The number of nitrogens with zero attached hydrogens (tertiary/aromatic N) is 1. The second kappa shape index (κ2) is 8.06. The Morgan fingerprint density at radius 1 is 1.15 bits per heavy atom. The summed E-state index contributed by atoms with van der Waals surface area (Å²) in [5, 5.41) is 12.1. The molecule has 1 aliphatic heterocycles. The predicted octanol–water partition coefficient (Wildman–Crippen LogP) is 3.40. The van der Waals surface area contributed by atoms with Crippen molar-refractivity contribution in [3.8, 4) is 11.1 Å². The molecule has 7 nitrogen and oxygen atoms in total. The number of carbonyl (C=O) groups excluding carboxylic acids is 2. The van der Waals surface area contributed by atoms with E-state index in [2.05, 4.69) is 24.0 Å². The van der Waals surface area contributed by atoms with Gasteiger partial charge in [-0.05, 0) is 41.0 Å². The van der Waals surface area contributed by atoms with Crippen LogP contribution in [0.25, 0.3) is 11.1 Å². The van der Waals surface area contributed by atoms with Crippen LogP contribution >= 0.6 is 0 Å². The number of hydrogen-bond donors (Lipinski definition) is 2. The van der Waals surface area contributed by atoms with Crippen molar-refractivity contribution in [1.29, 1.82) is 0 Å². The standard InChI is InChI=1S/C26H26N2O5/c1-2-7-22(23(29)28-13-16-12-26(16,15-28)24(30)31)27-25(32)33-14-21-19-10-5-3-8-17(19)18-9-4-6-11-20(18)21/h2-6,8-11,16,21-22H,1,7,12-15H2,(H,27,32)(H,30,31). The number of carbonyl (C=O) groups is 3. The normalized spacial score (nSPS) is 23.2. The summed E-state index contributed by atoms with van der Waals surface area (Å²) in [4.78, 5) is 38.7. The van der Waals surface area contributed by atoms with Gasteiger partial charge < -0.3 is 20.1 Å². The number of fused-ring (bicyclic) bond motifs is 4. The van der Waals surface area contributed by atoms with Crippen LogP contribution in [0.1, 0.15) is 29.9 Å². The average molecular weight is 447 g/mol. The van der Waals surface area contributed by atoms with Crippen LogP contribution in [0.5, 0.6) is 0 Å². The Bertz CT molecular complexity index is 1100. The SMILES string of the molecule is C=CCC(NC(=O)OCC1c2ccccc2-c2ccccc21)C(=O)N1CC2CC2(C(=O)O)C1. The largest absolute Gasteiger partial charge is 0.481 e. The molecule has 2 fully saturated rings. The minimum absolute atomic E-state index is 0.00205. The monoisotopic (exact) mass is 446 g/mol. The first-order valence-corrected chi connectivity index (χ1v) is 11.2. The van der Waals surface area contributed by atoms with E-state index in [0.717, 1.165) is 22.3 Å². The van der Waals surface area contributed by atoms with Crippen molar-refractivity contribution in [3.05, 3.63) is 72.3 Å². The molecule has 7 heteroatoms. The lowest BCUT2D eigenvalue weighted by Gasteiger charge is -2.25. The molecular formula is C26H26N2O5. The quantitative estimate of drug-likeness (QED) is 0.636. The lowest BCUT2D eigenvalue weighted by molar-refractivity contribution is -0.144. The summed E-state index contributed by atoms with van der Waals surface area (Å²) in [5.41, 5.74) is 3.70. The fourth-order valence-electron chi connectivity index (χ4n) is 5.37. The Kier molecular flexibility index (Phi) is 5.19. The molecule has 1 heterocycles. The van der Waals surface area contributed by atoms with Crippen LogP contribution in [0.15, 0.2) is 61.2 Å². The van der Waals surface area contributed by atoms with E-state index in [1.165, 1.54) is 0 Å². The van der Waals surface area contributed by atoms with Gasteiger partial charge in [0.15, 0.2) is 0 Å². The number of benzene rings is 2. The van der Waals surface area contributed by atoms with E-state index in [-0.39, 0.29) is 37.3 Å². The molecular weight excluding hydrogens is 420 g/mol. The van der Waals surface area contributed by atoms with E-state index in [1.54, 1.807) is 11.0 Å². The van der Waals surface area contributed by atoms with E-state index in [4.69, 9.17) is 4.74 Å². The van der Waals surface area contributed by atoms with Gasteiger partial charge in [-0.1, -0.05) is 54.6 Å². The number of piperidine rings is 1. The molecule has 3 atom stereocenters. The number of carboxylic acids is 1. The summed E-state index contributed by atoms with van der Waals surface area (Å²) >= 11 is 0. The van der Waals surface area contributed by atoms with Crippen LogP contribution in [-0.4, -0.2) is 53.7 Å². The summed E-state index contributed by atoms with van der Waals surface area (Å²) in [6, 6.07) is 15.3. The molecule has 2 N–H and O–H groups in total. The van der Waals surface area contributed by atoms with Crippen LogP contribution in [0.4, 0.5) is 4.79 Å². The van der Waals surface area contributed by atoms with Crippen LogP contribution in [-0.2, 0) is 14.3 Å². The number of ether oxygens (including phenoxy) is 1. The van der Waals surface area contributed by atoms with Gasteiger partial charge in [0.05, 0.1) is 5.41 Å². The predicted molar refractivity (Wildman–Crippen MR) is 122 cm³/mol. The summed E-state index contributed by atoms with van der Waals surface area (Å²) in [7, 11) is 0. The number of rotatable bonds is 7. The fraction of sp³-hybridized carbons (Fsp3) is 0.346. The van der Waals surface area contributed by atoms with Gasteiger partial charge in [-0.15, -0.1) is 6.58 Å². The minimum Gasteiger partial charge on any atom is -0.481 e. The fourth-order valence-corrected chi connectivity index (χ4v) is 5.37. The molecule has 3 unspecified atom stereocenters. The molecule has 2 amide bonds. The number of nitrogens with one attached hydrogen (secondary N) is 1. The molecule has 33 heavy (non-hydrogen) atoms. The van der Waals surface area contributed by atoms with Gasteiger partial charge in [-0.2, -0.15) is 0 Å².